The molecule has 1 heterocycles. The van der Waals surface area contributed by atoms with Crippen molar-refractivity contribution in [3.63, 3.8) is 0 Å². The lowest BCUT2D eigenvalue weighted by atomic mass is 9.85. The largest absolute Gasteiger partial charge is 0.381 e. The fraction of sp³-hybridized carbons (Fsp3) is 0.600. The van der Waals surface area contributed by atoms with Crippen LogP contribution in [-0.2, 0) is 0 Å². The Morgan fingerprint density at radius 3 is 2.71 bits per heavy atom. The van der Waals surface area contributed by atoms with Crippen molar-refractivity contribution in [3.05, 3.63) is 12.4 Å². The van der Waals surface area contributed by atoms with E-state index >= 15 is 0 Å². The summed E-state index contributed by atoms with van der Waals surface area (Å²) in [6.07, 6.45) is 7.35. The smallest absolute Gasteiger partial charge is 0.171 e. The quantitative estimate of drug-likeness (QED) is 0.784. The third-order valence-corrected chi connectivity index (χ3v) is 2.82. The molecule has 0 bridgehead atoms. The maximum atomic E-state index is 5.74. The third kappa shape index (κ3) is 1.78. The number of anilines is 2. The average Bonchev–Trinajstić information content (AvgIpc) is 2.12. The first kappa shape index (κ1) is 9.24. The molecule has 1 aromatic heterocycles. The number of nitrogen functional groups attached to an aromatic ring is 1. The van der Waals surface area contributed by atoms with Crippen LogP contribution in [0.5, 0.6) is 0 Å². The van der Waals surface area contributed by atoms with Crippen molar-refractivity contribution in [2.45, 2.75) is 19.3 Å². The highest BCUT2D eigenvalue weighted by Gasteiger charge is 2.20. The van der Waals surface area contributed by atoms with Crippen molar-refractivity contribution in [2.24, 2.45) is 5.92 Å². The number of nitrogens with zero attached hydrogens (tertiary/aromatic N) is 3. The van der Waals surface area contributed by atoms with Gasteiger partial charge in [0, 0.05) is 26.0 Å². The van der Waals surface area contributed by atoms with E-state index in [1.165, 1.54) is 19.3 Å². The summed E-state index contributed by atoms with van der Waals surface area (Å²) in [4.78, 5) is 10.4. The van der Waals surface area contributed by atoms with Crippen molar-refractivity contribution in [2.75, 3.05) is 24.2 Å². The van der Waals surface area contributed by atoms with Crippen LogP contribution >= 0.6 is 0 Å². The minimum Gasteiger partial charge on any atom is -0.381 e. The molecule has 0 radical (unpaired) electrons. The average molecular weight is 192 g/mol. The van der Waals surface area contributed by atoms with E-state index in [9.17, 15) is 0 Å². The van der Waals surface area contributed by atoms with Gasteiger partial charge in [-0.3, -0.25) is 0 Å². The van der Waals surface area contributed by atoms with Crippen LogP contribution in [0.2, 0.25) is 0 Å². The van der Waals surface area contributed by atoms with Crippen molar-refractivity contribution in [1.29, 1.82) is 0 Å². The number of hydrogen-bond donors (Lipinski definition) is 1. The van der Waals surface area contributed by atoms with Gasteiger partial charge in [-0.05, 0) is 18.8 Å². The first-order valence-electron chi connectivity index (χ1n) is 5.05. The molecule has 4 nitrogen and oxygen atoms in total. The molecule has 4 heteroatoms. The number of hydrogen-bond acceptors (Lipinski definition) is 4. The maximum Gasteiger partial charge on any atom is 0.171 e. The van der Waals surface area contributed by atoms with Crippen LogP contribution in [0.1, 0.15) is 19.3 Å². The van der Waals surface area contributed by atoms with Gasteiger partial charge in [-0.15, -0.1) is 0 Å². The summed E-state index contributed by atoms with van der Waals surface area (Å²) in [5.74, 6) is 2.15. The predicted octanol–water partition coefficient (Wildman–Crippen LogP) is 1.30. The van der Waals surface area contributed by atoms with Crippen LogP contribution in [0.3, 0.4) is 0 Å². The van der Waals surface area contributed by atoms with Crippen LogP contribution in [0.4, 0.5) is 11.6 Å². The number of aromatic nitrogens is 2. The first-order valence-corrected chi connectivity index (χ1v) is 5.05. The zero-order valence-corrected chi connectivity index (χ0v) is 8.48. The standard InChI is InChI=1S/C10H16N4/c1-14(7-8-3-2-4-8)10-9(11)12-5-6-13-10/h5-6,8H,2-4,7H2,1H3,(H2,11,12). The van der Waals surface area contributed by atoms with Crippen molar-refractivity contribution in [3.8, 4) is 0 Å². The van der Waals surface area contributed by atoms with Crippen LogP contribution in [0.15, 0.2) is 12.4 Å². The van der Waals surface area contributed by atoms with E-state index in [-0.39, 0.29) is 0 Å². The van der Waals surface area contributed by atoms with Gasteiger partial charge in [-0.25, -0.2) is 9.97 Å². The number of rotatable bonds is 3. The summed E-state index contributed by atoms with van der Waals surface area (Å²) in [5.41, 5.74) is 5.74. The van der Waals surface area contributed by atoms with Gasteiger partial charge in [0.1, 0.15) is 0 Å². The monoisotopic (exact) mass is 192 g/mol. The predicted molar refractivity (Wildman–Crippen MR) is 57.1 cm³/mol. The Kier molecular flexibility index (Phi) is 2.52. The van der Waals surface area contributed by atoms with Crippen LogP contribution < -0.4 is 10.6 Å². The highest BCUT2D eigenvalue weighted by molar-refractivity contribution is 5.56. The lowest BCUT2D eigenvalue weighted by Gasteiger charge is -2.30. The molecule has 0 atom stereocenters. The lowest BCUT2D eigenvalue weighted by molar-refractivity contribution is 0.321. The molecule has 0 unspecified atom stereocenters. The Morgan fingerprint density at radius 1 is 1.43 bits per heavy atom. The molecular weight excluding hydrogens is 176 g/mol. The van der Waals surface area contributed by atoms with E-state index in [1.54, 1.807) is 12.4 Å². The van der Waals surface area contributed by atoms with Crippen LogP contribution in [0.25, 0.3) is 0 Å². The van der Waals surface area contributed by atoms with Gasteiger partial charge in [0.05, 0.1) is 0 Å². The molecule has 1 fully saturated rings. The molecule has 0 aliphatic heterocycles. The normalized spacial score (nSPS) is 16.4. The molecule has 1 aliphatic carbocycles. The lowest BCUT2D eigenvalue weighted by Crippen LogP contribution is -2.30. The first-order chi connectivity index (χ1) is 6.77. The molecule has 2 N–H and O–H groups in total. The Hall–Kier alpha value is -1.32. The van der Waals surface area contributed by atoms with E-state index in [0.717, 1.165) is 18.3 Å². The van der Waals surface area contributed by atoms with Gasteiger partial charge in [-0.1, -0.05) is 6.42 Å². The molecule has 0 spiro atoms. The summed E-state index contributed by atoms with van der Waals surface area (Å²) < 4.78 is 0. The molecule has 0 aromatic carbocycles. The van der Waals surface area contributed by atoms with E-state index in [1.807, 2.05) is 7.05 Å². The van der Waals surface area contributed by atoms with Crippen LogP contribution in [-0.4, -0.2) is 23.6 Å². The summed E-state index contributed by atoms with van der Waals surface area (Å²) in [7, 11) is 2.03. The Balaban J connectivity index is 2.02. The molecule has 0 saturated heterocycles. The van der Waals surface area contributed by atoms with Gasteiger partial charge in [-0.2, -0.15) is 0 Å². The maximum absolute atomic E-state index is 5.74. The van der Waals surface area contributed by atoms with E-state index < -0.39 is 0 Å². The fourth-order valence-electron chi connectivity index (χ4n) is 1.78. The van der Waals surface area contributed by atoms with Gasteiger partial charge < -0.3 is 10.6 Å². The molecule has 2 rings (SSSR count). The van der Waals surface area contributed by atoms with E-state index in [2.05, 4.69) is 14.9 Å². The summed E-state index contributed by atoms with van der Waals surface area (Å²) >= 11 is 0. The van der Waals surface area contributed by atoms with Crippen molar-refractivity contribution in [1.82, 2.24) is 9.97 Å². The summed E-state index contributed by atoms with van der Waals surface area (Å²) in [6, 6.07) is 0. The van der Waals surface area contributed by atoms with Gasteiger partial charge in [0.2, 0.25) is 0 Å². The van der Waals surface area contributed by atoms with Gasteiger partial charge in [0.15, 0.2) is 11.6 Å². The Labute approximate surface area is 84.2 Å². The second-order valence-corrected chi connectivity index (χ2v) is 3.94. The Bertz CT molecular complexity index is 309. The van der Waals surface area contributed by atoms with E-state index in [4.69, 9.17) is 5.73 Å². The molecule has 0 amide bonds. The van der Waals surface area contributed by atoms with E-state index in [0.29, 0.717) is 5.82 Å². The van der Waals surface area contributed by atoms with Crippen molar-refractivity contribution >= 4 is 11.6 Å². The zero-order chi connectivity index (χ0) is 9.97. The second kappa shape index (κ2) is 3.82. The summed E-state index contributed by atoms with van der Waals surface area (Å²) in [6.45, 7) is 1.04. The molecule has 14 heavy (non-hydrogen) atoms. The SMILES string of the molecule is CN(CC1CCC1)c1nccnc1N. The second-order valence-electron chi connectivity index (χ2n) is 3.94. The van der Waals surface area contributed by atoms with Gasteiger partial charge in [0.25, 0.3) is 0 Å². The van der Waals surface area contributed by atoms with Gasteiger partial charge >= 0.3 is 0 Å². The number of nitrogens with two attached hydrogens (primary N) is 1. The van der Waals surface area contributed by atoms with Crippen molar-refractivity contribution < 1.29 is 0 Å². The highest BCUT2D eigenvalue weighted by atomic mass is 15.2. The molecule has 1 saturated carbocycles. The molecule has 1 aliphatic rings. The minimum absolute atomic E-state index is 0.523. The zero-order valence-electron chi connectivity index (χ0n) is 8.48. The Morgan fingerprint density at radius 2 is 2.14 bits per heavy atom. The molecular formula is C10H16N4. The topological polar surface area (TPSA) is 55.0 Å². The third-order valence-electron chi connectivity index (χ3n) is 2.82. The minimum atomic E-state index is 0.523. The molecule has 76 valence electrons. The molecule has 1 aromatic rings. The van der Waals surface area contributed by atoms with Crippen LogP contribution in [0, 0.1) is 5.92 Å². The fourth-order valence-corrected chi connectivity index (χ4v) is 1.78. The summed E-state index contributed by atoms with van der Waals surface area (Å²) in [5, 5.41) is 0. The highest BCUT2D eigenvalue weighted by Crippen LogP contribution is 2.28.